The van der Waals surface area contributed by atoms with Crippen molar-refractivity contribution in [3.8, 4) is 0 Å². The van der Waals surface area contributed by atoms with Crippen molar-refractivity contribution in [2.45, 2.75) is 26.2 Å². The first-order chi connectivity index (χ1) is 9.58. The summed E-state index contributed by atoms with van der Waals surface area (Å²) in [6.07, 6.45) is 2.57. The van der Waals surface area contributed by atoms with Gasteiger partial charge >= 0.3 is 0 Å². The minimum Gasteiger partial charge on any atom is -0.343 e. The van der Waals surface area contributed by atoms with Gasteiger partial charge in [-0.25, -0.2) is 0 Å². The van der Waals surface area contributed by atoms with Crippen molar-refractivity contribution < 1.29 is 9.59 Å². The Morgan fingerprint density at radius 2 is 1.80 bits per heavy atom. The smallest absolute Gasteiger partial charge is 0.224 e. The first kappa shape index (κ1) is 15.0. The Morgan fingerprint density at radius 1 is 1.20 bits per heavy atom. The fourth-order valence-electron chi connectivity index (χ4n) is 2.42. The highest BCUT2D eigenvalue weighted by Crippen LogP contribution is 2.19. The Hall–Kier alpha value is -1.36. The molecular weight excluding hydrogens is 320 g/mol. The molecule has 5 heteroatoms. The molecule has 1 aromatic rings. The zero-order valence-corrected chi connectivity index (χ0v) is 13.2. The van der Waals surface area contributed by atoms with Gasteiger partial charge in [0.2, 0.25) is 11.8 Å². The molecule has 2 amide bonds. The van der Waals surface area contributed by atoms with E-state index in [2.05, 4.69) is 15.9 Å². The highest BCUT2D eigenvalue weighted by atomic mass is 79.9. The summed E-state index contributed by atoms with van der Waals surface area (Å²) in [5, 5.41) is 0. The maximum atomic E-state index is 12.0. The number of anilines is 1. The van der Waals surface area contributed by atoms with Crippen LogP contribution in [0.5, 0.6) is 0 Å². The fourth-order valence-corrected chi connectivity index (χ4v) is 2.69. The lowest BCUT2D eigenvalue weighted by molar-refractivity contribution is -0.129. The van der Waals surface area contributed by atoms with Gasteiger partial charge in [-0.15, -0.1) is 0 Å². The maximum Gasteiger partial charge on any atom is 0.224 e. The number of carbonyl (C=O) groups excluding carboxylic acids is 2. The van der Waals surface area contributed by atoms with Gasteiger partial charge in [0.15, 0.2) is 0 Å². The van der Waals surface area contributed by atoms with Gasteiger partial charge in [-0.3, -0.25) is 9.59 Å². The molecule has 0 spiro atoms. The number of rotatable bonds is 4. The highest BCUT2D eigenvalue weighted by Gasteiger charge is 2.19. The normalized spacial score (nSPS) is 14.4. The van der Waals surface area contributed by atoms with Crippen LogP contribution in [0.2, 0.25) is 0 Å². The molecule has 0 aromatic heterocycles. The zero-order valence-electron chi connectivity index (χ0n) is 11.6. The Kier molecular flexibility index (Phi) is 5.17. The first-order valence-corrected chi connectivity index (χ1v) is 7.68. The molecule has 1 aliphatic rings. The molecule has 0 radical (unpaired) electrons. The predicted octanol–water partition coefficient (Wildman–Crippen LogP) is 2.81. The third-order valence-electron chi connectivity index (χ3n) is 3.53. The van der Waals surface area contributed by atoms with Gasteiger partial charge in [0.05, 0.1) is 0 Å². The van der Waals surface area contributed by atoms with Crippen LogP contribution >= 0.6 is 15.9 Å². The van der Waals surface area contributed by atoms with E-state index in [9.17, 15) is 9.59 Å². The van der Waals surface area contributed by atoms with Crippen molar-refractivity contribution in [2.24, 2.45) is 0 Å². The standard InChI is InChI=1S/C15H19BrN2O2/c1-12(19)18(14-6-4-13(16)5-7-14)11-8-15(20)17-9-2-3-10-17/h4-7H,2-3,8-11H2,1H3. The van der Waals surface area contributed by atoms with Crippen molar-refractivity contribution in [3.05, 3.63) is 28.7 Å². The van der Waals surface area contributed by atoms with E-state index in [-0.39, 0.29) is 11.8 Å². The molecule has 20 heavy (non-hydrogen) atoms. The van der Waals surface area contributed by atoms with Crippen LogP contribution < -0.4 is 4.90 Å². The number of hydrogen-bond donors (Lipinski definition) is 0. The van der Waals surface area contributed by atoms with Crippen LogP contribution in [-0.4, -0.2) is 36.3 Å². The van der Waals surface area contributed by atoms with Crippen LogP contribution in [-0.2, 0) is 9.59 Å². The molecule has 2 rings (SSSR count). The van der Waals surface area contributed by atoms with Gasteiger partial charge < -0.3 is 9.80 Å². The zero-order chi connectivity index (χ0) is 14.5. The molecule has 0 saturated carbocycles. The van der Waals surface area contributed by atoms with Crippen molar-refractivity contribution in [2.75, 3.05) is 24.5 Å². The molecule has 1 heterocycles. The Bertz CT molecular complexity index is 481. The number of nitrogens with zero attached hydrogens (tertiary/aromatic N) is 2. The molecule has 1 saturated heterocycles. The lowest BCUT2D eigenvalue weighted by atomic mass is 10.2. The van der Waals surface area contributed by atoms with Crippen LogP contribution in [0, 0.1) is 0 Å². The first-order valence-electron chi connectivity index (χ1n) is 6.89. The van der Waals surface area contributed by atoms with E-state index >= 15 is 0 Å². The minimum absolute atomic E-state index is 0.0402. The van der Waals surface area contributed by atoms with E-state index in [1.165, 1.54) is 6.92 Å². The SMILES string of the molecule is CC(=O)N(CCC(=O)N1CCCC1)c1ccc(Br)cc1. The van der Waals surface area contributed by atoms with Crippen LogP contribution in [0.4, 0.5) is 5.69 Å². The summed E-state index contributed by atoms with van der Waals surface area (Å²) < 4.78 is 0.970. The monoisotopic (exact) mass is 338 g/mol. The van der Waals surface area contributed by atoms with E-state index in [1.807, 2.05) is 29.2 Å². The minimum atomic E-state index is -0.0402. The number of likely N-dealkylation sites (tertiary alicyclic amines) is 1. The average Bonchev–Trinajstić information content (AvgIpc) is 2.94. The molecular formula is C15H19BrN2O2. The number of halogens is 1. The number of benzene rings is 1. The molecule has 1 aromatic carbocycles. The van der Waals surface area contributed by atoms with Crippen LogP contribution in [0.15, 0.2) is 28.7 Å². The fraction of sp³-hybridized carbons (Fsp3) is 0.467. The molecule has 1 aliphatic heterocycles. The topological polar surface area (TPSA) is 40.6 Å². The van der Waals surface area contributed by atoms with Crippen molar-refractivity contribution in [1.29, 1.82) is 0 Å². The van der Waals surface area contributed by atoms with Gasteiger partial charge in [-0.1, -0.05) is 15.9 Å². The molecule has 0 unspecified atom stereocenters. The van der Waals surface area contributed by atoms with Crippen LogP contribution in [0.25, 0.3) is 0 Å². The second-order valence-electron chi connectivity index (χ2n) is 4.98. The lowest BCUT2D eigenvalue weighted by Gasteiger charge is -2.23. The summed E-state index contributed by atoms with van der Waals surface area (Å²) in [4.78, 5) is 27.3. The van der Waals surface area contributed by atoms with Crippen LogP contribution in [0.1, 0.15) is 26.2 Å². The Balaban J connectivity index is 1.97. The summed E-state index contributed by atoms with van der Waals surface area (Å²) in [6, 6.07) is 7.55. The molecule has 108 valence electrons. The van der Waals surface area contributed by atoms with Crippen molar-refractivity contribution in [1.82, 2.24) is 4.90 Å². The van der Waals surface area contributed by atoms with E-state index in [4.69, 9.17) is 0 Å². The largest absolute Gasteiger partial charge is 0.343 e. The summed E-state index contributed by atoms with van der Waals surface area (Å²) in [6.45, 7) is 3.68. The highest BCUT2D eigenvalue weighted by molar-refractivity contribution is 9.10. The third-order valence-corrected chi connectivity index (χ3v) is 4.06. The van der Waals surface area contributed by atoms with Crippen molar-refractivity contribution in [3.63, 3.8) is 0 Å². The number of amides is 2. The molecule has 1 fully saturated rings. The van der Waals surface area contributed by atoms with Crippen LogP contribution in [0.3, 0.4) is 0 Å². The Labute approximate surface area is 127 Å². The van der Waals surface area contributed by atoms with Gasteiger partial charge in [0.1, 0.15) is 0 Å². The van der Waals surface area contributed by atoms with E-state index in [0.717, 1.165) is 36.1 Å². The van der Waals surface area contributed by atoms with Gasteiger partial charge in [0, 0.05) is 43.1 Å². The molecule has 0 aliphatic carbocycles. The molecule has 0 N–H and O–H groups in total. The molecule has 0 atom stereocenters. The number of carbonyl (C=O) groups is 2. The van der Waals surface area contributed by atoms with E-state index < -0.39 is 0 Å². The van der Waals surface area contributed by atoms with Crippen molar-refractivity contribution >= 4 is 33.4 Å². The number of hydrogen-bond acceptors (Lipinski definition) is 2. The maximum absolute atomic E-state index is 12.0. The summed E-state index contributed by atoms with van der Waals surface area (Å²) in [7, 11) is 0. The molecule has 4 nitrogen and oxygen atoms in total. The third kappa shape index (κ3) is 3.82. The predicted molar refractivity (Wildman–Crippen MR) is 82.6 cm³/mol. The molecule has 0 bridgehead atoms. The Morgan fingerprint density at radius 3 is 2.35 bits per heavy atom. The van der Waals surface area contributed by atoms with Gasteiger partial charge in [0.25, 0.3) is 0 Å². The second kappa shape index (κ2) is 6.88. The van der Waals surface area contributed by atoms with E-state index in [0.29, 0.717) is 13.0 Å². The summed E-state index contributed by atoms with van der Waals surface area (Å²) in [5.74, 6) is 0.104. The summed E-state index contributed by atoms with van der Waals surface area (Å²) in [5.41, 5.74) is 0.829. The lowest BCUT2D eigenvalue weighted by Crippen LogP contribution is -2.35. The van der Waals surface area contributed by atoms with Gasteiger partial charge in [-0.2, -0.15) is 0 Å². The second-order valence-corrected chi connectivity index (χ2v) is 5.90. The average molecular weight is 339 g/mol. The quantitative estimate of drug-likeness (QED) is 0.846. The summed E-state index contributed by atoms with van der Waals surface area (Å²) >= 11 is 3.37. The van der Waals surface area contributed by atoms with Gasteiger partial charge in [-0.05, 0) is 37.1 Å². The van der Waals surface area contributed by atoms with E-state index in [1.54, 1.807) is 4.90 Å².